The fourth-order valence-electron chi connectivity index (χ4n) is 2.43. The summed E-state index contributed by atoms with van der Waals surface area (Å²) in [5, 5.41) is 0. The topological polar surface area (TPSA) is 12.5 Å². The van der Waals surface area contributed by atoms with Crippen LogP contribution in [0.25, 0.3) is 0 Å². The van der Waals surface area contributed by atoms with Crippen molar-refractivity contribution in [2.24, 2.45) is 0 Å². The maximum atomic E-state index is 5.79. The van der Waals surface area contributed by atoms with Gasteiger partial charge < -0.3 is 4.74 Å². The monoisotopic (exact) mass is 247 g/mol. The van der Waals surface area contributed by atoms with Crippen molar-refractivity contribution in [2.75, 3.05) is 26.2 Å². The molecule has 2 rings (SSSR count). The first-order valence-corrected chi connectivity index (χ1v) is 7.24. The molecule has 0 radical (unpaired) electrons. The van der Waals surface area contributed by atoms with Gasteiger partial charge in [-0.25, -0.2) is 0 Å². The van der Waals surface area contributed by atoms with Crippen molar-refractivity contribution in [3.8, 4) is 5.75 Å². The number of likely N-dealkylation sites (tertiary alicyclic amines) is 1. The third-order valence-corrected chi connectivity index (χ3v) is 3.94. The Morgan fingerprint density at radius 1 is 1.17 bits per heavy atom. The van der Waals surface area contributed by atoms with Gasteiger partial charge in [0.1, 0.15) is 12.4 Å². The van der Waals surface area contributed by atoms with Gasteiger partial charge in [0.05, 0.1) is 0 Å². The van der Waals surface area contributed by atoms with E-state index in [2.05, 4.69) is 43.0 Å². The first kappa shape index (κ1) is 13.4. The molecule has 1 aliphatic rings. The molecule has 0 saturated carbocycles. The van der Waals surface area contributed by atoms with Crippen molar-refractivity contribution in [3.63, 3.8) is 0 Å². The lowest BCUT2D eigenvalue weighted by atomic mass is 9.99. The molecule has 0 spiro atoms. The summed E-state index contributed by atoms with van der Waals surface area (Å²) >= 11 is 0. The Balaban J connectivity index is 1.75. The maximum absolute atomic E-state index is 5.79. The van der Waals surface area contributed by atoms with Gasteiger partial charge in [-0.15, -0.1) is 0 Å². The molecule has 1 aliphatic heterocycles. The number of nitrogens with zero attached hydrogens (tertiary/aromatic N) is 1. The van der Waals surface area contributed by atoms with Gasteiger partial charge in [-0.3, -0.25) is 4.90 Å². The van der Waals surface area contributed by atoms with E-state index in [1.165, 1.54) is 37.9 Å². The minimum Gasteiger partial charge on any atom is -0.492 e. The lowest BCUT2D eigenvalue weighted by molar-refractivity contribution is 0.237. The van der Waals surface area contributed by atoms with Crippen LogP contribution in [0.4, 0.5) is 0 Å². The molecule has 2 heteroatoms. The minimum absolute atomic E-state index is 0.642. The number of rotatable bonds is 6. The molecular weight excluding hydrogens is 222 g/mol. The lowest BCUT2D eigenvalue weighted by Crippen LogP contribution is -2.25. The van der Waals surface area contributed by atoms with Crippen LogP contribution in [0.3, 0.4) is 0 Å². The first-order chi connectivity index (χ1) is 8.79. The summed E-state index contributed by atoms with van der Waals surface area (Å²) in [5.74, 6) is 1.64. The fourth-order valence-corrected chi connectivity index (χ4v) is 2.43. The van der Waals surface area contributed by atoms with Gasteiger partial charge in [0, 0.05) is 6.54 Å². The van der Waals surface area contributed by atoms with Crippen molar-refractivity contribution < 1.29 is 4.74 Å². The van der Waals surface area contributed by atoms with E-state index in [0.29, 0.717) is 5.92 Å². The third-order valence-electron chi connectivity index (χ3n) is 3.94. The number of ether oxygens (including phenoxy) is 1. The Morgan fingerprint density at radius 3 is 2.44 bits per heavy atom. The number of benzene rings is 1. The molecule has 0 aliphatic carbocycles. The molecule has 1 heterocycles. The third kappa shape index (κ3) is 3.74. The summed E-state index contributed by atoms with van der Waals surface area (Å²) in [4.78, 5) is 2.48. The van der Waals surface area contributed by atoms with Crippen LogP contribution in [0.2, 0.25) is 0 Å². The molecule has 0 aromatic heterocycles. The molecule has 100 valence electrons. The highest BCUT2D eigenvalue weighted by Gasteiger charge is 2.10. The summed E-state index contributed by atoms with van der Waals surface area (Å²) in [6.45, 7) is 8.86. The Morgan fingerprint density at radius 2 is 1.83 bits per heavy atom. The van der Waals surface area contributed by atoms with Crippen LogP contribution in [-0.2, 0) is 0 Å². The summed E-state index contributed by atoms with van der Waals surface area (Å²) in [7, 11) is 0. The molecule has 2 nitrogen and oxygen atoms in total. The highest BCUT2D eigenvalue weighted by Crippen LogP contribution is 2.21. The van der Waals surface area contributed by atoms with Crippen molar-refractivity contribution in [1.29, 1.82) is 0 Å². The molecule has 0 amide bonds. The van der Waals surface area contributed by atoms with E-state index < -0.39 is 0 Å². The number of hydrogen-bond donors (Lipinski definition) is 0. The standard InChI is InChI=1S/C16H25NO/c1-3-14(2)15-6-8-16(9-7-15)18-13-12-17-10-4-5-11-17/h6-9,14H,3-5,10-13H2,1-2H3/t14-/m1/s1. The molecule has 0 bridgehead atoms. The highest BCUT2D eigenvalue weighted by molar-refractivity contribution is 5.29. The maximum Gasteiger partial charge on any atom is 0.119 e. The van der Waals surface area contributed by atoms with Crippen LogP contribution in [-0.4, -0.2) is 31.1 Å². The van der Waals surface area contributed by atoms with E-state index in [1.54, 1.807) is 0 Å². The van der Waals surface area contributed by atoms with E-state index in [1.807, 2.05) is 0 Å². The van der Waals surface area contributed by atoms with Gasteiger partial charge in [-0.2, -0.15) is 0 Å². The van der Waals surface area contributed by atoms with Crippen LogP contribution in [0.1, 0.15) is 44.6 Å². The Kier molecular flexibility index (Phi) is 5.06. The zero-order chi connectivity index (χ0) is 12.8. The van der Waals surface area contributed by atoms with E-state index >= 15 is 0 Å². The van der Waals surface area contributed by atoms with Crippen molar-refractivity contribution in [2.45, 2.75) is 39.0 Å². The second kappa shape index (κ2) is 6.79. The molecule has 1 saturated heterocycles. The predicted octanol–water partition coefficient (Wildman–Crippen LogP) is 3.67. The summed E-state index contributed by atoms with van der Waals surface area (Å²) in [6, 6.07) is 8.59. The summed E-state index contributed by atoms with van der Waals surface area (Å²) in [5.41, 5.74) is 1.41. The molecule has 18 heavy (non-hydrogen) atoms. The van der Waals surface area contributed by atoms with Crippen molar-refractivity contribution in [3.05, 3.63) is 29.8 Å². The fraction of sp³-hybridized carbons (Fsp3) is 0.625. The van der Waals surface area contributed by atoms with Gasteiger partial charge in [0.25, 0.3) is 0 Å². The normalized spacial score (nSPS) is 17.9. The van der Waals surface area contributed by atoms with Crippen molar-refractivity contribution in [1.82, 2.24) is 4.90 Å². The Labute approximate surface area is 111 Å². The van der Waals surface area contributed by atoms with Crippen LogP contribution in [0.5, 0.6) is 5.75 Å². The van der Waals surface area contributed by atoms with Crippen LogP contribution in [0, 0.1) is 0 Å². The highest BCUT2D eigenvalue weighted by atomic mass is 16.5. The largest absolute Gasteiger partial charge is 0.492 e. The Bertz CT molecular complexity index is 341. The average Bonchev–Trinajstić information content (AvgIpc) is 2.92. The van der Waals surface area contributed by atoms with Gasteiger partial charge in [0.2, 0.25) is 0 Å². The molecule has 1 atom stereocenters. The minimum atomic E-state index is 0.642. The lowest BCUT2D eigenvalue weighted by Gasteiger charge is -2.15. The molecular formula is C16H25NO. The van der Waals surface area contributed by atoms with Crippen LogP contribution in [0.15, 0.2) is 24.3 Å². The summed E-state index contributed by atoms with van der Waals surface area (Å²) < 4.78 is 5.79. The van der Waals surface area contributed by atoms with E-state index in [9.17, 15) is 0 Å². The summed E-state index contributed by atoms with van der Waals surface area (Å²) in [6.07, 6.45) is 3.89. The molecule has 1 aromatic carbocycles. The van der Waals surface area contributed by atoms with Gasteiger partial charge in [0.15, 0.2) is 0 Å². The van der Waals surface area contributed by atoms with Gasteiger partial charge in [-0.05, 0) is 56.0 Å². The Hall–Kier alpha value is -1.02. The van der Waals surface area contributed by atoms with Gasteiger partial charge in [-0.1, -0.05) is 26.0 Å². The molecule has 1 fully saturated rings. The second-order valence-corrected chi connectivity index (χ2v) is 5.28. The molecule has 0 N–H and O–H groups in total. The zero-order valence-electron chi connectivity index (χ0n) is 11.7. The SMILES string of the molecule is CC[C@@H](C)c1ccc(OCCN2CCCC2)cc1. The van der Waals surface area contributed by atoms with E-state index in [-0.39, 0.29) is 0 Å². The molecule has 1 aromatic rings. The number of hydrogen-bond acceptors (Lipinski definition) is 2. The van der Waals surface area contributed by atoms with Crippen molar-refractivity contribution >= 4 is 0 Å². The molecule has 0 unspecified atom stereocenters. The van der Waals surface area contributed by atoms with Crippen LogP contribution < -0.4 is 4.74 Å². The second-order valence-electron chi connectivity index (χ2n) is 5.28. The quantitative estimate of drug-likeness (QED) is 0.760. The van der Waals surface area contributed by atoms with E-state index in [0.717, 1.165) is 18.9 Å². The zero-order valence-corrected chi connectivity index (χ0v) is 11.7. The van der Waals surface area contributed by atoms with Crippen LogP contribution >= 0.6 is 0 Å². The predicted molar refractivity (Wildman–Crippen MR) is 76.3 cm³/mol. The average molecular weight is 247 g/mol. The first-order valence-electron chi connectivity index (χ1n) is 7.24. The van der Waals surface area contributed by atoms with Gasteiger partial charge >= 0.3 is 0 Å². The van der Waals surface area contributed by atoms with E-state index in [4.69, 9.17) is 4.74 Å². The smallest absolute Gasteiger partial charge is 0.119 e.